The molecule has 0 radical (unpaired) electrons. The summed E-state index contributed by atoms with van der Waals surface area (Å²) in [7, 11) is 0. The van der Waals surface area contributed by atoms with Gasteiger partial charge in [-0.3, -0.25) is 0 Å². The molecule has 2 rings (SSSR count). The molecule has 0 aromatic heterocycles. The zero-order chi connectivity index (χ0) is 12.6. The Labute approximate surface area is 108 Å². The van der Waals surface area contributed by atoms with Crippen LogP contribution >= 0.6 is 0 Å². The Morgan fingerprint density at radius 1 is 1.33 bits per heavy atom. The Bertz CT molecular complexity index is 372. The molecule has 1 aliphatic heterocycles. The predicted molar refractivity (Wildman–Crippen MR) is 73.4 cm³/mol. The van der Waals surface area contributed by atoms with Gasteiger partial charge in [-0.25, -0.2) is 4.99 Å². The number of hydrogen-bond acceptors (Lipinski definition) is 2. The lowest BCUT2D eigenvalue weighted by Gasteiger charge is -2.22. The first-order valence-electron chi connectivity index (χ1n) is 6.54. The lowest BCUT2D eigenvalue weighted by atomic mass is 10.1. The molecular weight excluding hydrogens is 226 g/mol. The van der Waals surface area contributed by atoms with Crippen LogP contribution in [0.1, 0.15) is 24.8 Å². The van der Waals surface area contributed by atoms with Crippen LogP contribution in [0.3, 0.4) is 0 Å². The minimum absolute atomic E-state index is 0.282. The van der Waals surface area contributed by atoms with Crippen molar-refractivity contribution >= 4 is 5.96 Å². The summed E-state index contributed by atoms with van der Waals surface area (Å²) in [6.07, 6.45) is 3.81. The first-order chi connectivity index (χ1) is 8.84. The van der Waals surface area contributed by atoms with E-state index in [4.69, 9.17) is 10.5 Å². The number of ether oxygens (including phenoxy) is 1. The van der Waals surface area contributed by atoms with E-state index in [1.807, 2.05) is 30.3 Å². The predicted octanol–water partition coefficient (Wildman–Crippen LogP) is 1.66. The van der Waals surface area contributed by atoms with Crippen LogP contribution in [0.5, 0.6) is 0 Å². The van der Waals surface area contributed by atoms with Gasteiger partial charge in [0.25, 0.3) is 0 Å². The van der Waals surface area contributed by atoms with Gasteiger partial charge in [0.2, 0.25) is 0 Å². The lowest BCUT2D eigenvalue weighted by molar-refractivity contribution is 0.0195. The topological polar surface area (TPSA) is 59.6 Å². The normalized spacial score (nSPS) is 20.7. The molecule has 0 saturated carbocycles. The van der Waals surface area contributed by atoms with Gasteiger partial charge in [-0.05, 0) is 24.8 Å². The third-order valence-corrected chi connectivity index (χ3v) is 3.06. The van der Waals surface area contributed by atoms with E-state index >= 15 is 0 Å². The van der Waals surface area contributed by atoms with Crippen LogP contribution in [0.2, 0.25) is 0 Å². The molecule has 98 valence electrons. The molecule has 1 fully saturated rings. The van der Waals surface area contributed by atoms with E-state index in [0.717, 1.165) is 25.1 Å². The average Bonchev–Trinajstić information content (AvgIpc) is 2.45. The summed E-state index contributed by atoms with van der Waals surface area (Å²) in [5, 5.41) is 3.13. The number of nitrogens with two attached hydrogens (primary N) is 1. The zero-order valence-electron chi connectivity index (χ0n) is 10.6. The second kappa shape index (κ2) is 7.01. The average molecular weight is 247 g/mol. The van der Waals surface area contributed by atoms with Crippen molar-refractivity contribution in [1.82, 2.24) is 5.32 Å². The highest BCUT2D eigenvalue weighted by molar-refractivity contribution is 5.77. The minimum Gasteiger partial charge on any atom is -0.376 e. The molecule has 1 aromatic carbocycles. The summed E-state index contributed by atoms with van der Waals surface area (Å²) in [4.78, 5) is 4.31. The van der Waals surface area contributed by atoms with Crippen molar-refractivity contribution in [2.24, 2.45) is 10.7 Å². The van der Waals surface area contributed by atoms with Crippen LogP contribution in [0.4, 0.5) is 0 Å². The van der Waals surface area contributed by atoms with Gasteiger partial charge in [-0.1, -0.05) is 30.3 Å². The smallest absolute Gasteiger partial charge is 0.189 e. The molecule has 1 unspecified atom stereocenters. The summed E-state index contributed by atoms with van der Waals surface area (Å²) in [5.41, 5.74) is 6.99. The lowest BCUT2D eigenvalue weighted by Crippen LogP contribution is -2.39. The standard InChI is InChI=1S/C14H21N3O/c15-14(16-10-12-6-2-1-3-7-12)17-11-13-8-4-5-9-18-13/h1-3,6-7,13H,4-5,8-11H2,(H3,15,16,17). The van der Waals surface area contributed by atoms with E-state index in [1.165, 1.54) is 12.8 Å². The first-order valence-corrected chi connectivity index (χ1v) is 6.54. The van der Waals surface area contributed by atoms with Crippen LogP contribution in [0, 0.1) is 0 Å². The summed E-state index contributed by atoms with van der Waals surface area (Å²) in [6, 6.07) is 10.1. The van der Waals surface area contributed by atoms with E-state index in [2.05, 4.69) is 10.3 Å². The van der Waals surface area contributed by atoms with E-state index in [1.54, 1.807) is 0 Å². The first kappa shape index (κ1) is 12.9. The minimum atomic E-state index is 0.282. The number of rotatable bonds is 4. The summed E-state index contributed by atoms with van der Waals surface area (Å²) >= 11 is 0. The molecule has 3 N–H and O–H groups in total. The number of hydrogen-bond donors (Lipinski definition) is 2. The molecule has 4 nitrogen and oxygen atoms in total. The molecule has 1 aliphatic rings. The number of benzene rings is 1. The van der Waals surface area contributed by atoms with Crippen LogP contribution in [0.15, 0.2) is 35.3 Å². The molecule has 1 aromatic rings. The molecule has 18 heavy (non-hydrogen) atoms. The molecule has 0 aliphatic carbocycles. The molecule has 1 atom stereocenters. The Kier molecular flexibility index (Phi) is 5.02. The van der Waals surface area contributed by atoms with Gasteiger partial charge in [-0.15, -0.1) is 0 Å². The summed E-state index contributed by atoms with van der Waals surface area (Å²) in [5.74, 6) is 0.494. The SMILES string of the molecule is NC(=NCc1ccccc1)NCC1CCCCO1. The van der Waals surface area contributed by atoms with E-state index in [-0.39, 0.29) is 6.10 Å². The second-order valence-corrected chi connectivity index (χ2v) is 4.56. The molecule has 1 heterocycles. The van der Waals surface area contributed by atoms with Crippen molar-refractivity contribution in [2.45, 2.75) is 31.9 Å². The number of nitrogens with one attached hydrogen (secondary N) is 1. The molecule has 1 saturated heterocycles. The fourth-order valence-corrected chi connectivity index (χ4v) is 2.00. The number of nitrogens with zero attached hydrogens (tertiary/aromatic N) is 1. The number of aliphatic imine (C=N–C) groups is 1. The zero-order valence-corrected chi connectivity index (χ0v) is 10.6. The van der Waals surface area contributed by atoms with Gasteiger partial charge in [0.05, 0.1) is 12.6 Å². The van der Waals surface area contributed by atoms with Crippen LogP contribution in [0.25, 0.3) is 0 Å². The summed E-state index contributed by atoms with van der Waals surface area (Å²) < 4.78 is 5.62. The highest BCUT2D eigenvalue weighted by Crippen LogP contribution is 2.11. The van der Waals surface area contributed by atoms with Crippen LogP contribution in [-0.4, -0.2) is 25.2 Å². The van der Waals surface area contributed by atoms with Crippen molar-refractivity contribution in [3.05, 3.63) is 35.9 Å². The molecule has 0 spiro atoms. The largest absolute Gasteiger partial charge is 0.376 e. The summed E-state index contributed by atoms with van der Waals surface area (Å²) in [6.45, 7) is 2.24. The van der Waals surface area contributed by atoms with Crippen molar-refractivity contribution in [3.63, 3.8) is 0 Å². The van der Waals surface area contributed by atoms with Gasteiger partial charge in [-0.2, -0.15) is 0 Å². The van der Waals surface area contributed by atoms with E-state index < -0.39 is 0 Å². The maximum atomic E-state index is 5.82. The van der Waals surface area contributed by atoms with Crippen LogP contribution < -0.4 is 11.1 Å². The fourth-order valence-electron chi connectivity index (χ4n) is 2.00. The van der Waals surface area contributed by atoms with Crippen molar-refractivity contribution in [3.8, 4) is 0 Å². The van der Waals surface area contributed by atoms with Crippen molar-refractivity contribution in [1.29, 1.82) is 0 Å². The van der Waals surface area contributed by atoms with Crippen molar-refractivity contribution < 1.29 is 4.74 Å². The highest BCUT2D eigenvalue weighted by atomic mass is 16.5. The van der Waals surface area contributed by atoms with Gasteiger partial charge in [0.15, 0.2) is 5.96 Å². The molecule has 0 amide bonds. The van der Waals surface area contributed by atoms with E-state index in [0.29, 0.717) is 12.5 Å². The Morgan fingerprint density at radius 3 is 2.89 bits per heavy atom. The second-order valence-electron chi connectivity index (χ2n) is 4.56. The molecular formula is C14H21N3O. The van der Waals surface area contributed by atoms with Crippen LogP contribution in [-0.2, 0) is 11.3 Å². The van der Waals surface area contributed by atoms with Gasteiger partial charge in [0, 0.05) is 13.2 Å². The quantitative estimate of drug-likeness (QED) is 0.628. The highest BCUT2D eigenvalue weighted by Gasteiger charge is 2.13. The molecule has 0 bridgehead atoms. The maximum absolute atomic E-state index is 5.82. The third kappa shape index (κ3) is 4.37. The van der Waals surface area contributed by atoms with E-state index in [9.17, 15) is 0 Å². The maximum Gasteiger partial charge on any atom is 0.189 e. The van der Waals surface area contributed by atoms with Gasteiger partial charge < -0.3 is 15.8 Å². The van der Waals surface area contributed by atoms with Gasteiger partial charge >= 0.3 is 0 Å². The molecule has 4 heteroatoms. The monoisotopic (exact) mass is 247 g/mol. The Balaban J connectivity index is 1.72. The Morgan fingerprint density at radius 2 is 2.17 bits per heavy atom. The van der Waals surface area contributed by atoms with Crippen molar-refractivity contribution in [2.75, 3.05) is 13.2 Å². The number of guanidine groups is 1. The van der Waals surface area contributed by atoms with Gasteiger partial charge in [0.1, 0.15) is 0 Å². The fraction of sp³-hybridized carbons (Fsp3) is 0.500. The third-order valence-electron chi connectivity index (χ3n) is 3.06. The Hall–Kier alpha value is -1.55.